The average Bonchev–Trinajstić information content (AvgIpc) is 3.20. The van der Waals surface area contributed by atoms with Gasteiger partial charge in [0.1, 0.15) is 0 Å². The maximum absolute atomic E-state index is 13.0. The molecule has 1 aromatic rings. The number of nitrogens with one attached hydrogen (secondary N) is 1. The van der Waals surface area contributed by atoms with Crippen LogP contribution in [-0.2, 0) is 23.9 Å². The lowest BCUT2D eigenvalue weighted by atomic mass is 9.92. The fourth-order valence-electron chi connectivity index (χ4n) is 4.89. The largest absolute Gasteiger partial charge is 0.417 e. The van der Waals surface area contributed by atoms with Crippen LogP contribution in [0.5, 0.6) is 0 Å². The standard InChI is InChI=1S/C21H29F3N4O2/c1-30-19-5-3-2-4-18(19)26-16-6-8-28(13-16)20(29)27-9-7-17-14(12-27)10-15(11-25-17)21(22,23)24/h10-11,16,18-19,26H,2-9,12-13H2,1H3. The number of ether oxygens (including phenoxy) is 1. The first-order chi connectivity index (χ1) is 14.3. The van der Waals surface area contributed by atoms with E-state index in [2.05, 4.69) is 10.3 Å². The van der Waals surface area contributed by atoms with Gasteiger partial charge >= 0.3 is 12.2 Å². The van der Waals surface area contributed by atoms with Crippen LogP contribution >= 0.6 is 0 Å². The van der Waals surface area contributed by atoms with Gasteiger partial charge in [0, 0.05) is 63.7 Å². The Balaban J connectivity index is 1.35. The summed E-state index contributed by atoms with van der Waals surface area (Å²) in [5.74, 6) is 0. The molecule has 30 heavy (non-hydrogen) atoms. The first-order valence-electron chi connectivity index (χ1n) is 10.7. The van der Waals surface area contributed by atoms with E-state index in [1.807, 2.05) is 4.90 Å². The summed E-state index contributed by atoms with van der Waals surface area (Å²) in [7, 11) is 1.75. The minimum atomic E-state index is -4.43. The maximum Gasteiger partial charge on any atom is 0.417 e. The number of pyridine rings is 1. The first kappa shape index (κ1) is 21.4. The Hall–Kier alpha value is -1.87. The molecule has 2 amide bonds. The van der Waals surface area contributed by atoms with Crippen molar-refractivity contribution in [3.8, 4) is 0 Å². The summed E-state index contributed by atoms with van der Waals surface area (Å²) >= 11 is 0. The van der Waals surface area contributed by atoms with Crippen molar-refractivity contribution in [2.45, 2.75) is 69.4 Å². The number of amides is 2. The van der Waals surface area contributed by atoms with E-state index in [1.165, 1.54) is 12.8 Å². The first-order valence-corrected chi connectivity index (χ1v) is 10.7. The number of alkyl halides is 3. The van der Waals surface area contributed by atoms with Crippen molar-refractivity contribution in [1.82, 2.24) is 20.1 Å². The Morgan fingerprint density at radius 3 is 2.77 bits per heavy atom. The lowest BCUT2D eigenvalue weighted by molar-refractivity contribution is -0.137. The second-order valence-corrected chi connectivity index (χ2v) is 8.55. The van der Waals surface area contributed by atoms with Crippen LogP contribution in [0.3, 0.4) is 0 Å². The SMILES string of the molecule is COC1CCCCC1NC1CCN(C(=O)N2CCc3ncc(C(F)(F)F)cc3C2)C1. The van der Waals surface area contributed by atoms with E-state index in [0.717, 1.165) is 31.5 Å². The number of likely N-dealkylation sites (tertiary alicyclic amines) is 1. The van der Waals surface area contributed by atoms with Gasteiger partial charge in [-0.1, -0.05) is 12.8 Å². The number of hydrogen-bond donors (Lipinski definition) is 1. The molecule has 3 unspecified atom stereocenters. The zero-order valence-corrected chi connectivity index (χ0v) is 17.2. The van der Waals surface area contributed by atoms with Gasteiger partial charge in [-0.2, -0.15) is 13.2 Å². The number of urea groups is 1. The van der Waals surface area contributed by atoms with Gasteiger partial charge < -0.3 is 19.9 Å². The zero-order valence-electron chi connectivity index (χ0n) is 17.2. The third-order valence-corrected chi connectivity index (χ3v) is 6.55. The minimum absolute atomic E-state index is 0.103. The van der Waals surface area contributed by atoms with Crippen LogP contribution in [0.25, 0.3) is 0 Å². The number of carbonyl (C=O) groups is 1. The van der Waals surface area contributed by atoms with Gasteiger partial charge in [0.2, 0.25) is 0 Å². The molecule has 1 aliphatic carbocycles. The number of carbonyl (C=O) groups excluding carboxylic acids is 1. The highest BCUT2D eigenvalue weighted by Gasteiger charge is 2.36. The molecule has 1 N–H and O–H groups in total. The number of hydrogen-bond acceptors (Lipinski definition) is 4. The Morgan fingerprint density at radius 2 is 2.00 bits per heavy atom. The van der Waals surface area contributed by atoms with Crippen molar-refractivity contribution >= 4 is 6.03 Å². The van der Waals surface area contributed by atoms with Crippen LogP contribution in [0, 0.1) is 0 Å². The van der Waals surface area contributed by atoms with Crippen LogP contribution in [-0.4, -0.2) is 65.7 Å². The molecule has 1 saturated heterocycles. The number of aromatic nitrogens is 1. The quantitative estimate of drug-likeness (QED) is 0.807. The maximum atomic E-state index is 13.0. The highest BCUT2D eigenvalue weighted by Crippen LogP contribution is 2.31. The summed E-state index contributed by atoms with van der Waals surface area (Å²) in [5, 5.41) is 3.67. The summed E-state index contributed by atoms with van der Waals surface area (Å²) in [5.41, 5.74) is 0.375. The van der Waals surface area contributed by atoms with Crippen LogP contribution in [0.4, 0.5) is 18.0 Å². The summed E-state index contributed by atoms with van der Waals surface area (Å²) in [6.45, 7) is 1.93. The lowest BCUT2D eigenvalue weighted by Gasteiger charge is -2.34. The van der Waals surface area contributed by atoms with Crippen LogP contribution < -0.4 is 5.32 Å². The second kappa shape index (κ2) is 8.70. The number of rotatable bonds is 3. The number of methoxy groups -OCH3 is 1. The normalized spacial score (nSPS) is 27.3. The van der Waals surface area contributed by atoms with Crippen molar-refractivity contribution in [2.75, 3.05) is 26.7 Å². The van der Waals surface area contributed by atoms with Crippen molar-refractivity contribution < 1.29 is 22.7 Å². The molecule has 0 spiro atoms. The van der Waals surface area contributed by atoms with E-state index >= 15 is 0 Å². The van der Waals surface area contributed by atoms with Crippen LogP contribution in [0.1, 0.15) is 48.9 Å². The smallest absolute Gasteiger partial charge is 0.380 e. The number of nitrogens with zero attached hydrogens (tertiary/aromatic N) is 3. The van der Waals surface area contributed by atoms with Crippen molar-refractivity contribution in [3.05, 3.63) is 29.1 Å². The third kappa shape index (κ3) is 4.56. The molecule has 6 nitrogen and oxygen atoms in total. The Morgan fingerprint density at radius 1 is 1.20 bits per heavy atom. The lowest BCUT2D eigenvalue weighted by Crippen LogP contribution is -2.50. The molecule has 4 rings (SSSR count). The van der Waals surface area contributed by atoms with Gasteiger partial charge in [-0.3, -0.25) is 4.98 Å². The van der Waals surface area contributed by atoms with E-state index in [1.54, 1.807) is 12.0 Å². The Kier molecular flexibility index (Phi) is 6.20. The number of halogens is 3. The topological polar surface area (TPSA) is 57.7 Å². The van der Waals surface area contributed by atoms with Crippen molar-refractivity contribution in [3.63, 3.8) is 0 Å². The van der Waals surface area contributed by atoms with Gasteiger partial charge in [-0.05, 0) is 30.9 Å². The van der Waals surface area contributed by atoms with Gasteiger partial charge in [-0.15, -0.1) is 0 Å². The van der Waals surface area contributed by atoms with Gasteiger partial charge in [0.25, 0.3) is 0 Å². The van der Waals surface area contributed by atoms with E-state index < -0.39 is 11.7 Å². The molecular weight excluding hydrogens is 397 g/mol. The molecule has 1 aromatic heterocycles. The molecule has 0 bridgehead atoms. The van der Waals surface area contributed by atoms with Gasteiger partial charge in [0.05, 0.1) is 11.7 Å². The summed E-state index contributed by atoms with van der Waals surface area (Å²) in [6.07, 6.45) is 2.55. The molecule has 2 fully saturated rings. The predicted molar refractivity (Wildman–Crippen MR) is 105 cm³/mol. The molecule has 3 aliphatic rings. The fourth-order valence-corrected chi connectivity index (χ4v) is 4.89. The summed E-state index contributed by atoms with van der Waals surface area (Å²) in [4.78, 5) is 20.4. The Labute approximate surface area is 174 Å². The zero-order chi connectivity index (χ0) is 21.3. The molecule has 1 saturated carbocycles. The molecule has 2 aliphatic heterocycles. The minimum Gasteiger partial charge on any atom is -0.380 e. The molecular formula is C21H29F3N4O2. The number of fused-ring (bicyclic) bond motifs is 1. The summed E-state index contributed by atoms with van der Waals surface area (Å²) in [6, 6.07) is 1.57. The average molecular weight is 426 g/mol. The highest BCUT2D eigenvalue weighted by atomic mass is 19.4. The van der Waals surface area contributed by atoms with Crippen molar-refractivity contribution in [2.24, 2.45) is 0 Å². The fraction of sp³-hybridized carbons (Fsp3) is 0.714. The predicted octanol–water partition coefficient (Wildman–Crippen LogP) is 3.20. The molecule has 0 radical (unpaired) electrons. The van der Waals surface area contributed by atoms with E-state index in [-0.39, 0.29) is 24.7 Å². The highest BCUT2D eigenvalue weighted by molar-refractivity contribution is 5.75. The Bertz CT molecular complexity index is 773. The van der Waals surface area contributed by atoms with Crippen LogP contribution in [0.15, 0.2) is 12.3 Å². The van der Waals surface area contributed by atoms with Gasteiger partial charge in [-0.25, -0.2) is 4.79 Å². The molecule has 9 heteroatoms. The van der Waals surface area contributed by atoms with Gasteiger partial charge in [0.15, 0.2) is 0 Å². The van der Waals surface area contributed by atoms with E-state index in [4.69, 9.17) is 4.74 Å². The van der Waals surface area contributed by atoms with E-state index in [9.17, 15) is 18.0 Å². The third-order valence-electron chi connectivity index (χ3n) is 6.55. The monoisotopic (exact) mass is 426 g/mol. The van der Waals surface area contributed by atoms with E-state index in [0.29, 0.717) is 43.4 Å². The van der Waals surface area contributed by atoms with Crippen molar-refractivity contribution in [1.29, 1.82) is 0 Å². The second-order valence-electron chi connectivity index (χ2n) is 8.55. The molecule has 0 aromatic carbocycles. The van der Waals surface area contributed by atoms with Crippen LogP contribution in [0.2, 0.25) is 0 Å². The molecule has 3 atom stereocenters. The molecule has 3 heterocycles. The molecule has 166 valence electrons. The summed E-state index contributed by atoms with van der Waals surface area (Å²) < 4.78 is 44.6.